The molecule has 1 saturated carbocycles. The summed E-state index contributed by atoms with van der Waals surface area (Å²) in [6.07, 6.45) is 5.64. The van der Waals surface area contributed by atoms with Crippen LogP contribution in [0.4, 0.5) is 0 Å². The topological polar surface area (TPSA) is 40.1 Å². The molecule has 1 N–H and O–H groups in total. The smallest absolute Gasteiger partial charge is 0.194 e. The van der Waals surface area contributed by atoms with Crippen molar-refractivity contribution in [3.8, 4) is 0 Å². The number of hydrogen-bond acceptors (Lipinski definition) is 3. The predicted molar refractivity (Wildman–Crippen MR) is 114 cm³/mol. The minimum absolute atomic E-state index is 0.755. The minimum Gasteiger partial charge on any atom is -0.379 e. The normalized spacial score (nSPS) is 26.3. The molecule has 154 valence electrons. The lowest BCUT2D eigenvalue weighted by atomic mass is 9.82. The first-order chi connectivity index (χ1) is 13.8. The second-order valence-corrected chi connectivity index (χ2v) is 8.59. The van der Waals surface area contributed by atoms with Crippen LogP contribution in [-0.4, -0.2) is 61.7 Å². The summed E-state index contributed by atoms with van der Waals surface area (Å²) in [4.78, 5) is 10.00. The first kappa shape index (κ1) is 19.7. The van der Waals surface area contributed by atoms with Gasteiger partial charge in [0.2, 0.25) is 0 Å². The highest BCUT2D eigenvalue weighted by molar-refractivity contribution is 5.80. The van der Waals surface area contributed by atoms with Crippen molar-refractivity contribution in [3.05, 3.63) is 35.4 Å². The van der Waals surface area contributed by atoms with Gasteiger partial charge in [-0.3, -0.25) is 4.90 Å². The fourth-order valence-electron chi connectivity index (χ4n) is 5.01. The molecule has 0 aromatic heterocycles. The molecule has 4 rings (SSSR count). The van der Waals surface area contributed by atoms with E-state index < -0.39 is 0 Å². The Labute approximate surface area is 170 Å². The van der Waals surface area contributed by atoms with Gasteiger partial charge < -0.3 is 15.0 Å². The summed E-state index contributed by atoms with van der Waals surface area (Å²) in [7, 11) is 0. The number of aliphatic imine (C=N–C) groups is 1. The minimum atomic E-state index is 0.755. The Hall–Kier alpha value is -1.59. The van der Waals surface area contributed by atoms with Crippen molar-refractivity contribution in [2.24, 2.45) is 16.8 Å². The van der Waals surface area contributed by atoms with Gasteiger partial charge >= 0.3 is 0 Å². The Morgan fingerprint density at radius 3 is 2.54 bits per heavy atom. The summed E-state index contributed by atoms with van der Waals surface area (Å²) in [5, 5.41) is 3.54. The van der Waals surface area contributed by atoms with Crippen LogP contribution in [0.3, 0.4) is 0 Å². The molecule has 5 heteroatoms. The zero-order valence-corrected chi connectivity index (χ0v) is 17.4. The molecular formula is C23H36N4O. The number of nitrogens with zero attached hydrogens (tertiary/aromatic N) is 3. The van der Waals surface area contributed by atoms with Gasteiger partial charge in [-0.2, -0.15) is 0 Å². The van der Waals surface area contributed by atoms with E-state index in [0.29, 0.717) is 0 Å². The average Bonchev–Trinajstić information content (AvgIpc) is 3.16. The molecule has 28 heavy (non-hydrogen) atoms. The number of fused-ring (bicyclic) bond motifs is 1. The van der Waals surface area contributed by atoms with Crippen LogP contribution in [0.15, 0.2) is 29.3 Å². The molecule has 2 aliphatic heterocycles. The zero-order chi connectivity index (χ0) is 19.2. The molecule has 1 aromatic carbocycles. The standard InChI is InChI=1S/C23H36N4O/c1-2-24-23(27-17-21-8-3-4-9-22(21)18-27)25-15-19-6-5-7-20(14-19)16-26-10-12-28-13-11-26/h5-7,14,21-22H,2-4,8-13,15-18H2,1H3,(H,24,25). The van der Waals surface area contributed by atoms with Gasteiger partial charge in [0.1, 0.15) is 0 Å². The number of rotatable bonds is 5. The van der Waals surface area contributed by atoms with Crippen LogP contribution >= 0.6 is 0 Å². The molecule has 3 fully saturated rings. The average molecular weight is 385 g/mol. The number of guanidine groups is 1. The lowest BCUT2D eigenvalue weighted by molar-refractivity contribution is 0.0342. The molecule has 1 aliphatic carbocycles. The van der Waals surface area contributed by atoms with Crippen LogP contribution in [0.5, 0.6) is 0 Å². The molecule has 0 bridgehead atoms. The molecule has 0 amide bonds. The van der Waals surface area contributed by atoms with Crippen molar-refractivity contribution in [1.82, 2.24) is 15.1 Å². The Morgan fingerprint density at radius 1 is 1.11 bits per heavy atom. The highest BCUT2D eigenvalue weighted by Gasteiger charge is 2.35. The van der Waals surface area contributed by atoms with Gasteiger partial charge in [-0.15, -0.1) is 0 Å². The van der Waals surface area contributed by atoms with E-state index in [1.54, 1.807) is 0 Å². The summed E-state index contributed by atoms with van der Waals surface area (Å²) in [6, 6.07) is 8.95. The first-order valence-corrected chi connectivity index (χ1v) is 11.2. The van der Waals surface area contributed by atoms with Crippen molar-refractivity contribution in [1.29, 1.82) is 0 Å². The zero-order valence-electron chi connectivity index (χ0n) is 17.4. The van der Waals surface area contributed by atoms with Gasteiger partial charge in [-0.25, -0.2) is 4.99 Å². The van der Waals surface area contributed by atoms with Crippen LogP contribution in [0.2, 0.25) is 0 Å². The maximum atomic E-state index is 5.46. The number of likely N-dealkylation sites (tertiary alicyclic amines) is 1. The van der Waals surface area contributed by atoms with E-state index >= 15 is 0 Å². The summed E-state index contributed by atoms with van der Waals surface area (Å²) in [5.41, 5.74) is 2.68. The quantitative estimate of drug-likeness (QED) is 0.626. The predicted octanol–water partition coefficient (Wildman–Crippen LogP) is 3.11. The molecule has 5 nitrogen and oxygen atoms in total. The van der Waals surface area contributed by atoms with E-state index in [1.807, 2.05) is 0 Å². The van der Waals surface area contributed by atoms with E-state index in [0.717, 1.165) is 63.7 Å². The SMILES string of the molecule is CCNC(=NCc1cccc(CN2CCOCC2)c1)N1CC2CCCCC2C1. The molecule has 2 saturated heterocycles. The number of hydrogen-bond donors (Lipinski definition) is 1. The molecule has 1 aromatic rings. The molecule has 2 heterocycles. The van der Waals surface area contributed by atoms with E-state index in [9.17, 15) is 0 Å². The number of benzene rings is 1. The summed E-state index contributed by atoms with van der Waals surface area (Å²) < 4.78 is 5.46. The van der Waals surface area contributed by atoms with Gasteiger partial charge in [-0.05, 0) is 42.7 Å². The van der Waals surface area contributed by atoms with E-state index in [4.69, 9.17) is 9.73 Å². The molecule has 0 radical (unpaired) electrons. The molecule has 3 aliphatic rings. The van der Waals surface area contributed by atoms with Crippen molar-refractivity contribution in [3.63, 3.8) is 0 Å². The third kappa shape index (κ3) is 5.06. The summed E-state index contributed by atoms with van der Waals surface area (Å²) in [5.74, 6) is 2.87. The molecular weight excluding hydrogens is 348 g/mol. The van der Waals surface area contributed by atoms with Gasteiger partial charge in [0, 0.05) is 39.3 Å². The summed E-state index contributed by atoms with van der Waals surface area (Å²) in [6.45, 7) is 11.0. The van der Waals surface area contributed by atoms with Gasteiger partial charge in [0.05, 0.1) is 19.8 Å². The fraction of sp³-hybridized carbons (Fsp3) is 0.696. The number of morpholine rings is 1. The third-order valence-electron chi connectivity index (χ3n) is 6.52. The highest BCUT2D eigenvalue weighted by atomic mass is 16.5. The van der Waals surface area contributed by atoms with E-state index in [1.165, 1.54) is 49.9 Å². The lowest BCUT2D eigenvalue weighted by Gasteiger charge is -2.26. The molecule has 0 spiro atoms. The first-order valence-electron chi connectivity index (χ1n) is 11.2. The number of nitrogens with one attached hydrogen (secondary N) is 1. The number of ether oxygens (including phenoxy) is 1. The van der Waals surface area contributed by atoms with Crippen LogP contribution in [0, 0.1) is 11.8 Å². The van der Waals surface area contributed by atoms with Crippen molar-refractivity contribution in [2.45, 2.75) is 45.7 Å². The van der Waals surface area contributed by atoms with Gasteiger partial charge in [0.25, 0.3) is 0 Å². The largest absolute Gasteiger partial charge is 0.379 e. The van der Waals surface area contributed by atoms with Gasteiger partial charge in [0.15, 0.2) is 5.96 Å². The molecule has 2 atom stereocenters. The second kappa shape index (κ2) is 9.75. The van der Waals surface area contributed by atoms with Crippen LogP contribution in [-0.2, 0) is 17.8 Å². The fourth-order valence-corrected chi connectivity index (χ4v) is 5.01. The maximum Gasteiger partial charge on any atom is 0.194 e. The lowest BCUT2D eigenvalue weighted by Crippen LogP contribution is -2.40. The Morgan fingerprint density at radius 2 is 1.82 bits per heavy atom. The monoisotopic (exact) mass is 384 g/mol. The second-order valence-electron chi connectivity index (χ2n) is 8.59. The molecule has 2 unspecified atom stereocenters. The highest BCUT2D eigenvalue weighted by Crippen LogP contribution is 2.36. The maximum absolute atomic E-state index is 5.46. The van der Waals surface area contributed by atoms with Crippen LogP contribution in [0.25, 0.3) is 0 Å². The van der Waals surface area contributed by atoms with Crippen LogP contribution < -0.4 is 5.32 Å². The Balaban J connectivity index is 1.38. The van der Waals surface area contributed by atoms with E-state index in [2.05, 4.69) is 46.3 Å². The van der Waals surface area contributed by atoms with Crippen molar-refractivity contribution in [2.75, 3.05) is 45.9 Å². The van der Waals surface area contributed by atoms with Crippen LogP contribution in [0.1, 0.15) is 43.7 Å². The Bertz CT molecular complexity index is 642. The van der Waals surface area contributed by atoms with Gasteiger partial charge in [-0.1, -0.05) is 37.1 Å². The van der Waals surface area contributed by atoms with Crippen molar-refractivity contribution >= 4 is 5.96 Å². The summed E-state index contributed by atoms with van der Waals surface area (Å²) >= 11 is 0. The Kier molecular flexibility index (Phi) is 6.86. The third-order valence-corrected chi connectivity index (χ3v) is 6.52. The van der Waals surface area contributed by atoms with Crippen molar-refractivity contribution < 1.29 is 4.74 Å². The van der Waals surface area contributed by atoms with E-state index in [-0.39, 0.29) is 0 Å².